The molecule has 0 saturated heterocycles. The van der Waals surface area contributed by atoms with Crippen molar-refractivity contribution in [2.45, 2.75) is 31.6 Å². The number of hydrogen-bond acceptors (Lipinski definition) is 2. The first-order valence-electron chi connectivity index (χ1n) is 8.51. The van der Waals surface area contributed by atoms with E-state index in [0.29, 0.717) is 22.8 Å². The van der Waals surface area contributed by atoms with Crippen LogP contribution in [0.2, 0.25) is 5.02 Å². The van der Waals surface area contributed by atoms with Crippen LogP contribution in [0, 0.1) is 0 Å². The van der Waals surface area contributed by atoms with Crippen LogP contribution in [-0.2, 0) is 10.2 Å². The minimum Gasteiger partial charge on any atom is -0.355 e. The molecule has 0 aliphatic heterocycles. The van der Waals surface area contributed by atoms with Crippen molar-refractivity contribution >= 4 is 29.1 Å². The molecule has 2 aromatic rings. The van der Waals surface area contributed by atoms with Crippen LogP contribution >= 0.6 is 11.6 Å². The zero-order chi connectivity index (χ0) is 17.9. The van der Waals surface area contributed by atoms with Crippen LogP contribution in [0.5, 0.6) is 0 Å². The molecule has 25 heavy (non-hydrogen) atoms. The van der Waals surface area contributed by atoms with Crippen LogP contribution in [0.1, 0.15) is 42.1 Å². The van der Waals surface area contributed by atoms with E-state index in [2.05, 4.69) is 10.6 Å². The quantitative estimate of drug-likeness (QED) is 0.816. The van der Waals surface area contributed by atoms with E-state index < -0.39 is 0 Å². The van der Waals surface area contributed by atoms with E-state index >= 15 is 0 Å². The van der Waals surface area contributed by atoms with Gasteiger partial charge < -0.3 is 10.6 Å². The van der Waals surface area contributed by atoms with Crippen molar-refractivity contribution in [3.05, 3.63) is 64.7 Å². The highest BCUT2D eigenvalue weighted by atomic mass is 35.5. The van der Waals surface area contributed by atoms with Gasteiger partial charge in [0.25, 0.3) is 5.91 Å². The van der Waals surface area contributed by atoms with Gasteiger partial charge >= 0.3 is 0 Å². The number of carbonyl (C=O) groups excluding carboxylic acids is 2. The summed E-state index contributed by atoms with van der Waals surface area (Å²) in [4.78, 5) is 24.6. The lowest BCUT2D eigenvalue weighted by atomic mass is 9.94. The molecular weight excluding hydrogens is 336 g/mol. The van der Waals surface area contributed by atoms with Crippen molar-refractivity contribution < 1.29 is 9.59 Å². The lowest BCUT2D eigenvalue weighted by Crippen LogP contribution is -2.35. The minimum absolute atomic E-state index is 0.104. The molecule has 2 amide bonds. The summed E-state index contributed by atoms with van der Waals surface area (Å²) in [5, 5.41) is 6.44. The Morgan fingerprint density at radius 1 is 1.04 bits per heavy atom. The lowest BCUT2D eigenvalue weighted by Gasteiger charge is -2.16. The zero-order valence-corrected chi connectivity index (χ0v) is 14.9. The largest absolute Gasteiger partial charge is 0.355 e. The normalized spacial score (nSPS) is 14.6. The monoisotopic (exact) mass is 356 g/mol. The second kappa shape index (κ2) is 7.28. The topological polar surface area (TPSA) is 58.2 Å². The molecular formula is C20H21ClN2O2. The zero-order valence-electron chi connectivity index (χ0n) is 14.1. The summed E-state index contributed by atoms with van der Waals surface area (Å²) in [6, 6.07) is 14.3. The molecule has 0 heterocycles. The Hall–Kier alpha value is -2.33. The third-order valence-electron chi connectivity index (χ3n) is 4.52. The van der Waals surface area contributed by atoms with Gasteiger partial charge in [0.2, 0.25) is 5.91 Å². The van der Waals surface area contributed by atoms with Gasteiger partial charge in [-0.15, -0.1) is 0 Å². The number of halogens is 1. The molecule has 130 valence electrons. The average Bonchev–Trinajstić information content (AvgIpc) is 3.43. The van der Waals surface area contributed by atoms with Crippen LogP contribution in [0.3, 0.4) is 0 Å². The van der Waals surface area contributed by atoms with Gasteiger partial charge in [-0.25, -0.2) is 0 Å². The van der Waals surface area contributed by atoms with Crippen molar-refractivity contribution in [1.82, 2.24) is 5.32 Å². The molecule has 4 nitrogen and oxygen atoms in total. The fraction of sp³-hybridized carbons (Fsp3) is 0.300. The molecule has 1 aliphatic carbocycles. The molecule has 0 bridgehead atoms. The summed E-state index contributed by atoms with van der Waals surface area (Å²) in [7, 11) is 0. The summed E-state index contributed by atoms with van der Waals surface area (Å²) < 4.78 is 0. The SMILES string of the molecule is CCCNC(=O)C1(c2ccc(NC(=O)c3ccc(Cl)cc3)cc2)CC1. The Morgan fingerprint density at radius 3 is 2.24 bits per heavy atom. The fourth-order valence-electron chi connectivity index (χ4n) is 2.86. The van der Waals surface area contributed by atoms with Crippen molar-refractivity contribution in [2.24, 2.45) is 0 Å². The molecule has 2 aromatic carbocycles. The molecule has 5 heteroatoms. The second-order valence-corrected chi connectivity index (χ2v) is 6.81. The third kappa shape index (κ3) is 3.85. The first-order valence-corrected chi connectivity index (χ1v) is 8.89. The molecule has 1 fully saturated rings. The molecule has 0 radical (unpaired) electrons. The number of carbonyl (C=O) groups is 2. The highest BCUT2D eigenvalue weighted by molar-refractivity contribution is 6.30. The predicted molar refractivity (Wildman–Crippen MR) is 100 cm³/mol. The van der Waals surface area contributed by atoms with E-state index in [1.807, 2.05) is 31.2 Å². The lowest BCUT2D eigenvalue weighted by molar-refractivity contribution is -0.123. The van der Waals surface area contributed by atoms with Crippen molar-refractivity contribution in [1.29, 1.82) is 0 Å². The third-order valence-corrected chi connectivity index (χ3v) is 4.77. The van der Waals surface area contributed by atoms with Crippen molar-refractivity contribution in [3.8, 4) is 0 Å². The molecule has 0 aromatic heterocycles. The summed E-state index contributed by atoms with van der Waals surface area (Å²) in [6.07, 6.45) is 2.68. The Balaban J connectivity index is 1.67. The number of anilines is 1. The molecule has 0 atom stereocenters. The average molecular weight is 357 g/mol. The van der Waals surface area contributed by atoms with Gasteiger partial charge in [-0.3, -0.25) is 9.59 Å². The van der Waals surface area contributed by atoms with Gasteiger partial charge in [-0.05, 0) is 61.2 Å². The number of nitrogens with one attached hydrogen (secondary N) is 2. The van der Waals surface area contributed by atoms with E-state index in [1.54, 1.807) is 24.3 Å². The van der Waals surface area contributed by atoms with Gasteiger partial charge in [0.15, 0.2) is 0 Å². The second-order valence-electron chi connectivity index (χ2n) is 6.38. The number of benzene rings is 2. The van der Waals surface area contributed by atoms with Gasteiger partial charge in [0.1, 0.15) is 0 Å². The first kappa shape index (κ1) is 17.5. The Bertz CT molecular complexity index is 765. The Morgan fingerprint density at radius 2 is 1.68 bits per heavy atom. The molecule has 0 spiro atoms. The summed E-state index contributed by atoms with van der Waals surface area (Å²) in [6.45, 7) is 2.74. The maximum absolute atomic E-state index is 12.4. The van der Waals surface area contributed by atoms with Crippen LogP contribution in [-0.4, -0.2) is 18.4 Å². The highest BCUT2D eigenvalue weighted by Gasteiger charge is 2.50. The summed E-state index contributed by atoms with van der Waals surface area (Å²) >= 11 is 5.84. The summed E-state index contributed by atoms with van der Waals surface area (Å²) in [5.74, 6) is -0.0847. The van der Waals surface area contributed by atoms with Crippen molar-refractivity contribution in [3.63, 3.8) is 0 Å². The van der Waals surface area contributed by atoms with Crippen LogP contribution < -0.4 is 10.6 Å². The molecule has 0 unspecified atom stereocenters. The van der Waals surface area contributed by atoms with E-state index in [-0.39, 0.29) is 17.2 Å². The smallest absolute Gasteiger partial charge is 0.255 e. The van der Waals surface area contributed by atoms with Gasteiger partial charge in [0, 0.05) is 22.8 Å². The first-order chi connectivity index (χ1) is 12.0. The van der Waals surface area contributed by atoms with Crippen LogP contribution in [0.4, 0.5) is 5.69 Å². The number of hydrogen-bond donors (Lipinski definition) is 2. The number of rotatable bonds is 6. The molecule has 1 saturated carbocycles. The maximum Gasteiger partial charge on any atom is 0.255 e. The molecule has 3 rings (SSSR count). The van der Waals surface area contributed by atoms with Crippen LogP contribution in [0.15, 0.2) is 48.5 Å². The van der Waals surface area contributed by atoms with E-state index in [9.17, 15) is 9.59 Å². The highest BCUT2D eigenvalue weighted by Crippen LogP contribution is 2.48. The fourth-order valence-corrected chi connectivity index (χ4v) is 2.98. The van der Waals surface area contributed by atoms with Gasteiger partial charge in [-0.2, -0.15) is 0 Å². The molecule has 2 N–H and O–H groups in total. The summed E-state index contributed by atoms with van der Waals surface area (Å²) in [5.41, 5.74) is 1.87. The minimum atomic E-state index is -0.381. The van der Waals surface area contributed by atoms with E-state index in [0.717, 1.165) is 24.8 Å². The standard InChI is InChI=1S/C20H21ClN2O2/c1-2-13-22-19(25)20(11-12-20)15-5-9-17(10-6-15)23-18(24)14-3-7-16(21)8-4-14/h3-10H,2,11-13H2,1H3,(H,22,25)(H,23,24). The number of amides is 2. The maximum atomic E-state index is 12.4. The molecule has 1 aliphatic rings. The van der Waals surface area contributed by atoms with Crippen molar-refractivity contribution in [2.75, 3.05) is 11.9 Å². The van der Waals surface area contributed by atoms with Gasteiger partial charge in [0.05, 0.1) is 5.41 Å². The Kier molecular flexibility index (Phi) is 5.09. The van der Waals surface area contributed by atoms with Gasteiger partial charge in [-0.1, -0.05) is 30.7 Å². The predicted octanol–water partition coefficient (Wildman–Crippen LogP) is 4.15. The van der Waals surface area contributed by atoms with E-state index in [1.165, 1.54) is 0 Å². The van der Waals surface area contributed by atoms with Crippen LogP contribution in [0.25, 0.3) is 0 Å². The van der Waals surface area contributed by atoms with E-state index in [4.69, 9.17) is 11.6 Å². The Labute approximate surface area is 152 Å².